The number of ether oxygens (including phenoxy) is 1. The summed E-state index contributed by atoms with van der Waals surface area (Å²) in [6.07, 6.45) is 1.27. The number of carbonyl (C=O) groups is 1. The topological polar surface area (TPSA) is 111 Å². The van der Waals surface area contributed by atoms with Crippen LogP contribution in [0.2, 0.25) is 5.02 Å². The molecule has 0 aliphatic rings. The van der Waals surface area contributed by atoms with Gasteiger partial charge in [0.25, 0.3) is 5.91 Å². The van der Waals surface area contributed by atoms with E-state index < -0.39 is 5.91 Å². The van der Waals surface area contributed by atoms with Gasteiger partial charge < -0.3 is 10.1 Å². The van der Waals surface area contributed by atoms with Gasteiger partial charge in [-0.15, -0.1) is 10.2 Å². The van der Waals surface area contributed by atoms with Crippen molar-refractivity contribution in [2.75, 3.05) is 12.4 Å². The number of methoxy groups -OCH3 is 1. The van der Waals surface area contributed by atoms with Crippen LogP contribution in [0.25, 0.3) is 16.7 Å². The molecule has 9 nitrogen and oxygen atoms in total. The minimum atomic E-state index is -0.392. The molecule has 26 heavy (non-hydrogen) atoms. The Balaban J connectivity index is 1.63. The van der Waals surface area contributed by atoms with Gasteiger partial charge in [-0.3, -0.25) is 9.89 Å². The number of aromatic nitrogens is 6. The number of nitrogens with zero attached hydrogens (tertiary/aromatic N) is 5. The predicted octanol–water partition coefficient (Wildman–Crippen LogP) is 2.45. The maximum atomic E-state index is 12.0. The molecular weight excluding hydrogens is 358 g/mol. The van der Waals surface area contributed by atoms with E-state index in [1.807, 2.05) is 0 Å². The van der Waals surface area contributed by atoms with Crippen LogP contribution in [0.5, 0.6) is 5.75 Å². The number of fused-ring (bicyclic) bond motifs is 1. The summed E-state index contributed by atoms with van der Waals surface area (Å²) in [4.78, 5) is 17.3. The highest BCUT2D eigenvalue weighted by molar-refractivity contribution is 6.32. The van der Waals surface area contributed by atoms with Crippen LogP contribution in [0.1, 0.15) is 10.6 Å². The molecule has 2 N–H and O–H groups in total. The Morgan fingerprint density at radius 1 is 1.19 bits per heavy atom. The van der Waals surface area contributed by atoms with Gasteiger partial charge in [0.1, 0.15) is 23.1 Å². The smallest absolute Gasteiger partial charge is 0.292 e. The van der Waals surface area contributed by atoms with Crippen molar-refractivity contribution < 1.29 is 9.53 Å². The highest BCUT2D eigenvalue weighted by Crippen LogP contribution is 2.26. The molecule has 1 amide bonds. The molecule has 0 saturated carbocycles. The number of hydrogen-bond acceptors (Lipinski definition) is 6. The van der Waals surface area contributed by atoms with Crippen molar-refractivity contribution in [3.63, 3.8) is 0 Å². The number of nitrogens with one attached hydrogen (secondary N) is 2. The van der Waals surface area contributed by atoms with E-state index in [0.717, 1.165) is 0 Å². The minimum Gasteiger partial charge on any atom is -0.495 e. The Labute approximate surface area is 151 Å². The van der Waals surface area contributed by atoms with Crippen LogP contribution in [-0.4, -0.2) is 43.2 Å². The highest BCUT2D eigenvalue weighted by atomic mass is 35.5. The third-order valence-corrected chi connectivity index (χ3v) is 3.93. The number of carbonyl (C=O) groups excluding carboxylic acids is 1. The summed E-state index contributed by atoms with van der Waals surface area (Å²) >= 11 is 6.15. The van der Waals surface area contributed by atoms with E-state index in [1.165, 1.54) is 11.1 Å². The lowest BCUT2D eigenvalue weighted by atomic mass is 10.2. The Kier molecular flexibility index (Phi) is 3.98. The fourth-order valence-electron chi connectivity index (χ4n) is 2.39. The summed E-state index contributed by atoms with van der Waals surface area (Å²) in [7, 11) is 1.55. The molecule has 0 radical (unpaired) electrons. The average molecular weight is 370 g/mol. The lowest BCUT2D eigenvalue weighted by Gasteiger charge is -2.04. The second kappa shape index (κ2) is 6.45. The normalized spacial score (nSPS) is 10.8. The molecule has 0 saturated heterocycles. The fraction of sp³-hybridized carbons (Fsp3) is 0.0625. The molecule has 0 atom stereocenters. The van der Waals surface area contributed by atoms with E-state index in [-0.39, 0.29) is 5.82 Å². The number of benzene rings is 2. The molecular formula is C16H12ClN7O2. The Bertz CT molecular complexity index is 1090. The van der Waals surface area contributed by atoms with E-state index in [0.29, 0.717) is 33.2 Å². The van der Waals surface area contributed by atoms with Crippen molar-refractivity contribution in [1.82, 2.24) is 30.2 Å². The number of amides is 1. The van der Waals surface area contributed by atoms with Crippen molar-refractivity contribution in [1.29, 1.82) is 0 Å². The van der Waals surface area contributed by atoms with Gasteiger partial charge in [-0.25, -0.2) is 4.98 Å². The Morgan fingerprint density at radius 2 is 2.04 bits per heavy atom. The van der Waals surface area contributed by atoms with E-state index in [9.17, 15) is 4.79 Å². The highest BCUT2D eigenvalue weighted by Gasteiger charge is 2.11. The van der Waals surface area contributed by atoms with Gasteiger partial charge in [-0.2, -0.15) is 9.90 Å². The summed E-state index contributed by atoms with van der Waals surface area (Å²) in [5.74, 6) is 0.308. The summed E-state index contributed by atoms with van der Waals surface area (Å²) in [5, 5.41) is 18.2. The molecule has 0 aliphatic heterocycles. The van der Waals surface area contributed by atoms with Crippen LogP contribution >= 0.6 is 11.6 Å². The summed E-state index contributed by atoms with van der Waals surface area (Å²) in [6, 6.07) is 10.5. The number of halogens is 1. The fourth-order valence-corrected chi connectivity index (χ4v) is 2.64. The number of aromatic amines is 1. The monoisotopic (exact) mass is 369 g/mol. The Morgan fingerprint density at radius 3 is 2.77 bits per heavy atom. The maximum absolute atomic E-state index is 12.0. The molecule has 10 heteroatoms. The molecule has 4 aromatic rings. The van der Waals surface area contributed by atoms with Crippen LogP contribution in [0.3, 0.4) is 0 Å². The van der Waals surface area contributed by atoms with Crippen molar-refractivity contribution in [2.24, 2.45) is 0 Å². The second-order valence-corrected chi connectivity index (χ2v) is 5.71. The molecule has 0 spiro atoms. The van der Waals surface area contributed by atoms with Crippen LogP contribution in [-0.2, 0) is 0 Å². The van der Waals surface area contributed by atoms with Gasteiger partial charge in [0.05, 0.1) is 17.8 Å². The average Bonchev–Trinajstić information content (AvgIpc) is 3.31. The standard InChI is InChI=1S/C16H12ClN7O2/c1-26-14-5-3-10(7-11(14)17)24-22-12-4-2-9(6-13(12)23-24)20-16(25)15-18-8-19-21-15/h2-8H,1H3,(H,20,25)(H,18,19,21). The minimum absolute atomic E-state index is 0.127. The molecule has 2 aromatic carbocycles. The molecule has 2 aromatic heterocycles. The van der Waals surface area contributed by atoms with E-state index in [1.54, 1.807) is 43.5 Å². The first kappa shape index (κ1) is 16.0. The molecule has 2 heterocycles. The Hall–Kier alpha value is -3.46. The van der Waals surface area contributed by atoms with Crippen LogP contribution < -0.4 is 10.1 Å². The van der Waals surface area contributed by atoms with Gasteiger partial charge in [0.2, 0.25) is 5.82 Å². The summed E-state index contributed by atoms with van der Waals surface area (Å²) < 4.78 is 5.14. The van der Waals surface area contributed by atoms with Crippen molar-refractivity contribution >= 4 is 34.2 Å². The van der Waals surface area contributed by atoms with Gasteiger partial charge >= 0.3 is 0 Å². The molecule has 0 fully saturated rings. The molecule has 0 unspecified atom stereocenters. The van der Waals surface area contributed by atoms with Crippen LogP contribution in [0.4, 0.5) is 5.69 Å². The summed E-state index contributed by atoms with van der Waals surface area (Å²) in [6.45, 7) is 0. The van der Waals surface area contributed by atoms with Gasteiger partial charge in [-0.05, 0) is 36.4 Å². The third kappa shape index (κ3) is 2.95. The molecule has 0 bridgehead atoms. The number of hydrogen-bond donors (Lipinski definition) is 2. The first-order chi connectivity index (χ1) is 12.6. The second-order valence-electron chi connectivity index (χ2n) is 5.30. The number of anilines is 1. The third-order valence-electron chi connectivity index (χ3n) is 3.63. The lowest BCUT2D eigenvalue weighted by molar-refractivity contribution is 0.101. The maximum Gasteiger partial charge on any atom is 0.292 e. The van der Waals surface area contributed by atoms with Crippen molar-refractivity contribution in [2.45, 2.75) is 0 Å². The van der Waals surface area contributed by atoms with Crippen molar-refractivity contribution in [3.8, 4) is 11.4 Å². The summed E-state index contributed by atoms with van der Waals surface area (Å²) in [5.41, 5.74) is 2.56. The predicted molar refractivity (Wildman–Crippen MR) is 94.8 cm³/mol. The molecule has 0 aliphatic carbocycles. The van der Waals surface area contributed by atoms with Crippen molar-refractivity contribution in [3.05, 3.63) is 53.6 Å². The zero-order chi connectivity index (χ0) is 18.1. The first-order valence-corrected chi connectivity index (χ1v) is 7.89. The van der Waals surface area contributed by atoms with Gasteiger partial charge in [0.15, 0.2) is 0 Å². The quantitative estimate of drug-likeness (QED) is 0.571. The zero-order valence-electron chi connectivity index (χ0n) is 13.5. The van der Waals surface area contributed by atoms with Gasteiger partial charge in [-0.1, -0.05) is 11.6 Å². The lowest BCUT2D eigenvalue weighted by Crippen LogP contribution is -2.13. The largest absolute Gasteiger partial charge is 0.495 e. The molecule has 4 rings (SSSR count). The van der Waals surface area contributed by atoms with Crippen LogP contribution in [0, 0.1) is 0 Å². The van der Waals surface area contributed by atoms with E-state index in [2.05, 4.69) is 30.7 Å². The zero-order valence-corrected chi connectivity index (χ0v) is 14.2. The SMILES string of the molecule is COc1ccc(-n2nc3ccc(NC(=O)c4ncn[nH]4)cc3n2)cc1Cl. The number of rotatable bonds is 4. The first-order valence-electron chi connectivity index (χ1n) is 7.52. The molecule has 130 valence electrons. The van der Waals surface area contributed by atoms with Gasteiger partial charge in [0, 0.05) is 5.69 Å². The number of H-pyrrole nitrogens is 1. The van der Waals surface area contributed by atoms with Crippen LogP contribution in [0.15, 0.2) is 42.7 Å². The van der Waals surface area contributed by atoms with E-state index >= 15 is 0 Å². The van der Waals surface area contributed by atoms with E-state index in [4.69, 9.17) is 16.3 Å².